The molecule has 12 heteroatoms. The number of hydrogen-bond donors (Lipinski definition) is 1. The maximum atomic E-state index is 14.0. The van der Waals surface area contributed by atoms with E-state index in [4.69, 9.17) is 9.47 Å². The van der Waals surface area contributed by atoms with Gasteiger partial charge in [0, 0.05) is 20.6 Å². The molecule has 0 saturated carbocycles. The summed E-state index contributed by atoms with van der Waals surface area (Å²) in [5, 5.41) is 2.88. The molecule has 1 N–H and O–H groups in total. The van der Waals surface area contributed by atoms with E-state index in [0.717, 1.165) is 19.3 Å². The smallest absolute Gasteiger partial charge is 0.329 e. The van der Waals surface area contributed by atoms with Crippen LogP contribution in [-0.4, -0.2) is 107 Å². The van der Waals surface area contributed by atoms with Crippen LogP contribution < -0.4 is 5.32 Å². The summed E-state index contributed by atoms with van der Waals surface area (Å²) in [6.45, 7) is 18.4. The van der Waals surface area contributed by atoms with Crippen molar-refractivity contribution in [2.75, 3.05) is 20.6 Å². The monoisotopic (exact) mass is 678 g/mol. The fourth-order valence-corrected chi connectivity index (χ4v) is 6.79. The molecule has 2 aliphatic heterocycles. The van der Waals surface area contributed by atoms with Crippen molar-refractivity contribution >= 4 is 35.6 Å². The summed E-state index contributed by atoms with van der Waals surface area (Å²) in [4.78, 5) is 87.7. The molecule has 48 heavy (non-hydrogen) atoms. The van der Waals surface area contributed by atoms with Gasteiger partial charge in [0.15, 0.2) is 6.10 Å². The second-order valence-electron chi connectivity index (χ2n) is 15.1. The second-order valence-corrected chi connectivity index (χ2v) is 15.1. The number of ether oxygens (including phenoxy) is 2. The molecule has 2 aliphatic rings. The molecule has 4 amide bonds. The van der Waals surface area contributed by atoms with E-state index in [-0.39, 0.29) is 17.8 Å². The van der Waals surface area contributed by atoms with Crippen LogP contribution in [0.5, 0.6) is 0 Å². The second kappa shape index (κ2) is 18.0. The predicted octanol–water partition coefficient (Wildman–Crippen LogP) is 3.79. The fourth-order valence-electron chi connectivity index (χ4n) is 6.79. The van der Waals surface area contributed by atoms with E-state index in [9.17, 15) is 28.8 Å². The Hall–Kier alpha value is -3.18. The van der Waals surface area contributed by atoms with E-state index >= 15 is 0 Å². The van der Waals surface area contributed by atoms with Gasteiger partial charge in [-0.25, -0.2) is 9.59 Å². The first-order valence-electron chi connectivity index (χ1n) is 17.9. The van der Waals surface area contributed by atoms with Gasteiger partial charge in [-0.1, -0.05) is 82.1 Å². The molecule has 2 heterocycles. The lowest BCUT2D eigenvalue weighted by Gasteiger charge is -2.36. The van der Waals surface area contributed by atoms with Gasteiger partial charge in [0.2, 0.25) is 17.7 Å². The van der Waals surface area contributed by atoms with Crippen LogP contribution in [0.1, 0.15) is 108 Å². The van der Waals surface area contributed by atoms with Crippen molar-refractivity contribution in [3.05, 3.63) is 0 Å². The Kier molecular flexibility index (Phi) is 15.4. The summed E-state index contributed by atoms with van der Waals surface area (Å²) >= 11 is 0. The number of carbonyl (C=O) groups excluding carboxylic acids is 6. The first kappa shape index (κ1) is 41.0. The summed E-state index contributed by atoms with van der Waals surface area (Å²) in [5.41, 5.74) is 0. The minimum absolute atomic E-state index is 0.299. The van der Waals surface area contributed by atoms with Gasteiger partial charge < -0.3 is 29.5 Å². The van der Waals surface area contributed by atoms with Gasteiger partial charge in [0.25, 0.3) is 5.91 Å². The van der Waals surface area contributed by atoms with E-state index in [2.05, 4.69) is 12.2 Å². The highest BCUT2D eigenvalue weighted by atomic mass is 16.6. The molecular weight excluding hydrogens is 616 g/mol. The maximum Gasteiger partial charge on any atom is 0.329 e. The van der Waals surface area contributed by atoms with Crippen LogP contribution in [0.4, 0.5) is 0 Å². The van der Waals surface area contributed by atoms with E-state index in [1.54, 1.807) is 55.5 Å². The molecule has 0 aromatic heterocycles. The number of fused-ring (bicyclic) bond motifs is 1. The van der Waals surface area contributed by atoms with Crippen LogP contribution in [0.15, 0.2) is 0 Å². The average molecular weight is 679 g/mol. The molecule has 0 aromatic carbocycles. The Balaban J connectivity index is 2.71. The van der Waals surface area contributed by atoms with Crippen molar-refractivity contribution < 1.29 is 38.2 Å². The first-order valence-corrected chi connectivity index (χ1v) is 17.9. The van der Waals surface area contributed by atoms with Gasteiger partial charge in [-0.05, 0) is 49.4 Å². The molecule has 0 unspecified atom stereocenters. The van der Waals surface area contributed by atoms with Gasteiger partial charge in [0.1, 0.15) is 30.3 Å². The molecule has 2 saturated heterocycles. The number of carbonyl (C=O) groups is 6. The number of hydrogen-bond acceptors (Lipinski definition) is 8. The molecule has 274 valence electrons. The van der Waals surface area contributed by atoms with Crippen molar-refractivity contribution in [3.63, 3.8) is 0 Å². The summed E-state index contributed by atoms with van der Waals surface area (Å²) in [6, 6.07) is -3.83. The third-order valence-electron chi connectivity index (χ3n) is 9.75. The molecule has 0 radical (unpaired) electrons. The van der Waals surface area contributed by atoms with Crippen molar-refractivity contribution in [2.24, 2.45) is 29.6 Å². The third kappa shape index (κ3) is 9.71. The standard InChI is InChI=1S/C36H62N4O8/c1-13-14-15-18-26-24(10)31(41)37-27(20(2)3)33(43)39(12)29(22(6)7)36(46)48-30(23(8)9)34(44)40-19-16-17-25(40)32(42)38(11)28(21(4)5)35(45)47-26/h20-30H,13-19H2,1-12H3,(H,37,41)/t24-,25+,26-,27-,28+,29-,30-/m0/s1. The van der Waals surface area contributed by atoms with Gasteiger partial charge in [-0.15, -0.1) is 0 Å². The van der Waals surface area contributed by atoms with Crippen LogP contribution >= 0.6 is 0 Å². The Labute approximate surface area is 288 Å². The molecule has 7 atom stereocenters. The topological polar surface area (TPSA) is 143 Å². The SMILES string of the molecule is CCCCC[C@@H]1OC(=O)[C@@H](C(C)C)N(C)C(=O)[C@H]2CCCN2C(=O)[C@H](C(C)C)OC(=O)[C@H](C(C)C)N(C)C(=O)[C@H](C(C)C)NC(=O)[C@H]1C. The van der Waals surface area contributed by atoms with Crippen LogP contribution in [-0.2, 0) is 38.2 Å². The van der Waals surface area contributed by atoms with E-state index in [0.29, 0.717) is 25.8 Å². The van der Waals surface area contributed by atoms with Crippen molar-refractivity contribution in [2.45, 2.75) is 144 Å². The van der Waals surface area contributed by atoms with Crippen molar-refractivity contribution in [3.8, 4) is 0 Å². The van der Waals surface area contributed by atoms with E-state index in [1.165, 1.54) is 21.7 Å². The highest BCUT2D eigenvalue weighted by Crippen LogP contribution is 2.27. The number of likely N-dealkylation sites (N-methyl/N-ethyl adjacent to an activating group) is 2. The number of rotatable bonds is 8. The quantitative estimate of drug-likeness (QED) is 0.302. The highest BCUT2D eigenvalue weighted by Gasteiger charge is 2.45. The number of esters is 2. The van der Waals surface area contributed by atoms with Crippen LogP contribution in [0.3, 0.4) is 0 Å². The zero-order chi connectivity index (χ0) is 36.6. The summed E-state index contributed by atoms with van der Waals surface area (Å²) in [7, 11) is 3.04. The van der Waals surface area contributed by atoms with Gasteiger partial charge in [0.05, 0.1) is 5.92 Å². The highest BCUT2D eigenvalue weighted by molar-refractivity contribution is 5.95. The zero-order valence-corrected chi connectivity index (χ0v) is 31.4. The molecule has 0 spiro atoms. The third-order valence-corrected chi connectivity index (χ3v) is 9.75. The lowest BCUT2D eigenvalue weighted by molar-refractivity contribution is -0.172. The van der Waals surface area contributed by atoms with Gasteiger partial charge in [-0.2, -0.15) is 0 Å². The number of nitrogens with one attached hydrogen (secondary N) is 1. The Morgan fingerprint density at radius 2 is 1.27 bits per heavy atom. The fraction of sp³-hybridized carbons (Fsp3) is 0.833. The van der Waals surface area contributed by atoms with Crippen molar-refractivity contribution in [1.82, 2.24) is 20.0 Å². The van der Waals surface area contributed by atoms with Crippen LogP contribution in [0.25, 0.3) is 0 Å². The maximum absolute atomic E-state index is 14.0. The molecular formula is C36H62N4O8. The Morgan fingerprint density at radius 3 is 1.77 bits per heavy atom. The average Bonchev–Trinajstić information content (AvgIpc) is 3.49. The van der Waals surface area contributed by atoms with Crippen LogP contribution in [0, 0.1) is 29.6 Å². The molecule has 2 fully saturated rings. The molecule has 0 aromatic rings. The van der Waals surface area contributed by atoms with Gasteiger partial charge in [-0.3, -0.25) is 19.2 Å². The van der Waals surface area contributed by atoms with Gasteiger partial charge >= 0.3 is 11.9 Å². The summed E-state index contributed by atoms with van der Waals surface area (Å²) < 4.78 is 12.0. The van der Waals surface area contributed by atoms with Crippen LogP contribution in [0.2, 0.25) is 0 Å². The normalized spacial score (nSPS) is 29.2. The number of nitrogens with zero attached hydrogens (tertiary/aromatic N) is 3. The molecule has 2 rings (SSSR count). The summed E-state index contributed by atoms with van der Waals surface area (Å²) in [5.74, 6) is -5.45. The molecule has 12 nitrogen and oxygen atoms in total. The van der Waals surface area contributed by atoms with Crippen molar-refractivity contribution in [1.29, 1.82) is 0 Å². The summed E-state index contributed by atoms with van der Waals surface area (Å²) in [6.07, 6.45) is 1.92. The zero-order valence-electron chi connectivity index (χ0n) is 31.4. The minimum Gasteiger partial charge on any atom is -0.460 e. The predicted molar refractivity (Wildman–Crippen MR) is 182 cm³/mol. The molecule has 0 bridgehead atoms. The number of amides is 4. The van der Waals surface area contributed by atoms with E-state index < -0.39 is 83.8 Å². The number of unbranched alkanes of at least 4 members (excludes halogenated alkanes) is 2. The largest absolute Gasteiger partial charge is 0.460 e. The minimum atomic E-state index is -1.20. The molecule has 0 aliphatic carbocycles. The number of cyclic esters (lactones) is 2. The first-order chi connectivity index (χ1) is 22.4. The lowest BCUT2D eigenvalue weighted by Crippen LogP contribution is -2.57. The van der Waals surface area contributed by atoms with E-state index in [1.807, 2.05) is 13.8 Å². The Bertz CT molecular complexity index is 1150. The Morgan fingerprint density at radius 1 is 0.729 bits per heavy atom. The lowest BCUT2D eigenvalue weighted by atomic mass is 9.94.